The number of hydrogen-bond donors (Lipinski definition) is 1. The number of amides is 1. The van der Waals surface area contributed by atoms with Crippen molar-refractivity contribution in [1.82, 2.24) is 9.62 Å². The number of nitrogens with zero attached hydrogens (tertiary/aromatic N) is 1. The van der Waals surface area contributed by atoms with Gasteiger partial charge in [-0.2, -0.15) is 4.31 Å². The van der Waals surface area contributed by atoms with Crippen LogP contribution in [-0.2, 0) is 21.2 Å². The first kappa shape index (κ1) is 22.3. The average Bonchev–Trinajstić information content (AvgIpc) is 2.77. The van der Waals surface area contributed by atoms with E-state index < -0.39 is 10.0 Å². The number of aryl methyl sites for hydroxylation is 2. The smallest absolute Gasteiger partial charge is 0.243 e. The number of rotatable bonds is 8. The Morgan fingerprint density at radius 3 is 2.63 bits per heavy atom. The van der Waals surface area contributed by atoms with Crippen LogP contribution in [0.1, 0.15) is 30.4 Å². The molecule has 1 fully saturated rings. The number of para-hydroxylation sites is 1. The van der Waals surface area contributed by atoms with Crippen LogP contribution in [-0.4, -0.2) is 45.4 Å². The molecule has 0 bridgehead atoms. The third-order valence-electron chi connectivity index (χ3n) is 5.53. The second kappa shape index (κ2) is 10.1. The number of piperidine rings is 1. The summed E-state index contributed by atoms with van der Waals surface area (Å²) in [4.78, 5) is 12.9. The highest BCUT2D eigenvalue weighted by Gasteiger charge is 2.33. The summed E-state index contributed by atoms with van der Waals surface area (Å²) < 4.78 is 32.7. The molecule has 0 radical (unpaired) electrons. The van der Waals surface area contributed by atoms with Crippen LogP contribution in [0.25, 0.3) is 0 Å². The van der Waals surface area contributed by atoms with E-state index in [1.807, 2.05) is 31.2 Å². The molecule has 0 aromatic heterocycles. The molecule has 2 aromatic carbocycles. The highest BCUT2D eigenvalue weighted by Crippen LogP contribution is 2.24. The van der Waals surface area contributed by atoms with E-state index in [0.29, 0.717) is 25.9 Å². The molecular weight excluding hydrogens is 400 g/mol. The van der Waals surface area contributed by atoms with E-state index in [9.17, 15) is 13.2 Å². The van der Waals surface area contributed by atoms with E-state index in [2.05, 4.69) is 5.32 Å². The van der Waals surface area contributed by atoms with Crippen LogP contribution in [0.15, 0.2) is 53.4 Å². The molecule has 162 valence electrons. The summed E-state index contributed by atoms with van der Waals surface area (Å²) in [6.07, 6.45) is 3.00. The monoisotopic (exact) mass is 430 g/mol. The fraction of sp³-hybridized carbons (Fsp3) is 0.435. The van der Waals surface area contributed by atoms with Gasteiger partial charge in [-0.15, -0.1) is 0 Å². The summed E-state index contributed by atoms with van der Waals surface area (Å²) in [7, 11) is -1.92. The van der Waals surface area contributed by atoms with E-state index in [1.165, 1.54) is 4.31 Å². The summed E-state index contributed by atoms with van der Waals surface area (Å²) in [5.74, 6) is 0.470. The maximum atomic E-state index is 12.9. The van der Waals surface area contributed by atoms with Crippen LogP contribution in [0, 0.1) is 12.8 Å². The summed E-state index contributed by atoms with van der Waals surface area (Å²) >= 11 is 0. The van der Waals surface area contributed by atoms with E-state index in [0.717, 1.165) is 29.7 Å². The topological polar surface area (TPSA) is 75.7 Å². The first-order chi connectivity index (χ1) is 14.4. The molecule has 1 heterocycles. The molecule has 0 spiro atoms. The van der Waals surface area contributed by atoms with Gasteiger partial charge in [-0.25, -0.2) is 8.42 Å². The lowest BCUT2D eigenvalue weighted by atomic mass is 9.99. The van der Waals surface area contributed by atoms with Gasteiger partial charge in [0.25, 0.3) is 0 Å². The van der Waals surface area contributed by atoms with Gasteiger partial charge in [0.1, 0.15) is 5.75 Å². The van der Waals surface area contributed by atoms with Crippen molar-refractivity contribution in [3.05, 3.63) is 59.7 Å². The lowest BCUT2D eigenvalue weighted by molar-refractivity contribution is -0.126. The van der Waals surface area contributed by atoms with Gasteiger partial charge in [0, 0.05) is 19.6 Å². The summed E-state index contributed by atoms with van der Waals surface area (Å²) in [5.41, 5.74) is 2.13. The molecule has 1 N–H and O–H groups in total. The Bertz CT molecular complexity index is 957. The molecule has 7 heteroatoms. The van der Waals surface area contributed by atoms with E-state index in [4.69, 9.17) is 4.74 Å². The maximum absolute atomic E-state index is 12.9. The normalized spacial score (nSPS) is 17.5. The number of benzene rings is 2. The van der Waals surface area contributed by atoms with Crippen molar-refractivity contribution in [3.63, 3.8) is 0 Å². The number of ether oxygens (including phenoxy) is 1. The Morgan fingerprint density at radius 1 is 1.17 bits per heavy atom. The van der Waals surface area contributed by atoms with Gasteiger partial charge in [-0.05, 0) is 56.4 Å². The molecule has 0 aliphatic carbocycles. The Balaban J connectivity index is 1.52. The van der Waals surface area contributed by atoms with E-state index in [-0.39, 0.29) is 23.3 Å². The van der Waals surface area contributed by atoms with Crippen LogP contribution >= 0.6 is 0 Å². The van der Waals surface area contributed by atoms with Crippen molar-refractivity contribution < 1.29 is 17.9 Å². The first-order valence-electron chi connectivity index (χ1n) is 10.4. The van der Waals surface area contributed by atoms with Crippen LogP contribution < -0.4 is 10.1 Å². The number of carbonyl (C=O) groups is 1. The van der Waals surface area contributed by atoms with Crippen LogP contribution in [0.3, 0.4) is 0 Å². The van der Waals surface area contributed by atoms with Gasteiger partial charge in [0.05, 0.1) is 17.9 Å². The molecule has 1 atom stereocenters. The largest absolute Gasteiger partial charge is 0.496 e. The zero-order valence-electron chi connectivity index (χ0n) is 17.6. The molecule has 6 nitrogen and oxygen atoms in total. The fourth-order valence-electron chi connectivity index (χ4n) is 3.78. The van der Waals surface area contributed by atoms with Crippen molar-refractivity contribution in [3.8, 4) is 5.75 Å². The predicted molar refractivity (Wildman–Crippen MR) is 117 cm³/mol. The van der Waals surface area contributed by atoms with Crippen LogP contribution in [0.2, 0.25) is 0 Å². The molecule has 1 unspecified atom stereocenters. The minimum atomic E-state index is -3.57. The highest BCUT2D eigenvalue weighted by atomic mass is 32.2. The quantitative estimate of drug-likeness (QED) is 0.653. The van der Waals surface area contributed by atoms with Crippen molar-refractivity contribution in [2.45, 2.75) is 37.5 Å². The van der Waals surface area contributed by atoms with E-state index >= 15 is 0 Å². The molecule has 30 heavy (non-hydrogen) atoms. The number of sulfonamides is 1. The van der Waals surface area contributed by atoms with Crippen LogP contribution in [0.4, 0.5) is 0 Å². The van der Waals surface area contributed by atoms with Gasteiger partial charge in [-0.3, -0.25) is 4.79 Å². The van der Waals surface area contributed by atoms with Gasteiger partial charge < -0.3 is 10.1 Å². The maximum Gasteiger partial charge on any atom is 0.243 e. The van der Waals surface area contributed by atoms with Crippen molar-refractivity contribution in [2.24, 2.45) is 5.92 Å². The third-order valence-corrected chi connectivity index (χ3v) is 7.41. The molecule has 1 aliphatic heterocycles. The Kier molecular flexibility index (Phi) is 7.50. The number of carbonyl (C=O) groups excluding carboxylic acids is 1. The van der Waals surface area contributed by atoms with Gasteiger partial charge in [0.2, 0.25) is 15.9 Å². The molecule has 2 aromatic rings. The zero-order valence-corrected chi connectivity index (χ0v) is 18.5. The van der Waals surface area contributed by atoms with Crippen LogP contribution in [0.5, 0.6) is 5.75 Å². The van der Waals surface area contributed by atoms with Crippen molar-refractivity contribution in [1.29, 1.82) is 0 Å². The average molecular weight is 431 g/mol. The minimum Gasteiger partial charge on any atom is -0.496 e. The lowest BCUT2D eigenvalue weighted by Crippen LogP contribution is -2.45. The SMILES string of the molecule is COc1ccccc1CCCNC(=O)C1CCCN(S(=O)(=O)c2ccc(C)cc2)C1. The predicted octanol–water partition coefficient (Wildman–Crippen LogP) is 3.15. The molecule has 3 rings (SSSR count). The summed E-state index contributed by atoms with van der Waals surface area (Å²) in [6, 6.07) is 14.7. The van der Waals surface area contributed by atoms with Gasteiger partial charge >= 0.3 is 0 Å². The van der Waals surface area contributed by atoms with Crippen molar-refractivity contribution in [2.75, 3.05) is 26.7 Å². The number of methoxy groups -OCH3 is 1. The third kappa shape index (κ3) is 5.40. The van der Waals surface area contributed by atoms with Crippen molar-refractivity contribution >= 4 is 15.9 Å². The Hall–Kier alpha value is -2.38. The molecular formula is C23H30N2O4S. The summed E-state index contributed by atoms with van der Waals surface area (Å²) in [6.45, 7) is 3.16. The Morgan fingerprint density at radius 2 is 1.90 bits per heavy atom. The molecule has 0 saturated carbocycles. The van der Waals surface area contributed by atoms with Gasteiger partial charge in [0.15, 0.2) is 0 Å². The number of hydrogen-bond acceptors (Lipinski definition) is 4. The Labute approximate surface area is 179 Å². The molecule has 1 saturated heterocycles. The molecule has 1 aliphatic rings. The molecule has 1 amide bonds. The standard InChI is InChI=1S/C23H30N2O4S/c1-18-11-13-21(14-12-18)30(27,28)25-16-6-9-20(17-25)23(26)24-15-5-8-19-7-3-4-10-22(19)29-2/h3-4,7,10-14,20H,5-6,8-9,15-17H2,1-2H3,(H,24,26). The second-order valence-electron chi connectivity index (χ2n) is 7.72. The van der Waals surface area contributed by atoms with Gasteiger partial charge in [-0.1, -0.05) is 35.9 Å². The summed E-state index contributed by atoms with van der Waals surface area (Å²) in [5, 5.41) is 2.98. The second-order valence-corrected chi connectivity index (χ2v) is 9.66. The lowest BCUT2D eigenvalue weighted by Gasteiger charge is -2.31. The van der Waals surface area contributed by atoms with E-state index in [1.54, 1.807) is 31.4 Å². The zero-order chi connectivity index (χ0) is 21.6. The number of nitrogens with one attached hydrogen (secondary N) is 1. The highest BCUT2D eigenvalue weighted by molar-refractivity contribution is 7.89. The minimum absolute atomic E-state index is 0.0705. The fourth-order valence-corrected chi connectivity index (χ4v) is 5.30. The first-order valence-corrected chi connectivity index (χ1v) is 11.8.